The van der Waals surface area contributed by atoms with Gasteiger partial charge in [0.15, 0.2) is 0 Å². The van der Waals surface area contributed by atoms with Gasteiger partial charge in [0.05, 0.1) is 5.69 Å². The van der Waals surface area contributed by atoms with E-state index in [-0.39, 0.29) is 11.9 Å². The quantitative estimate of drug-likeness (QED) is 0.840. The summed E-state index contributed by atoms with van der Waals surface area (Å²) in [5, 5.41) is 10.7. The molecule has 0 fully saturated rings. The molecule has 1 aromatic heterocycles. The molecular weight excluding hydrogens is 216 g/mol. The van der Waals surface area contributed by atoms with Crippen molar-refractivity contribution in [2.24, 2.45) is 13.0 Å². The molecule has 0 aromatic carbocycles. The molecule has 2 rings (SSSR count). The fraction of sp³-hybridized carbons (Fsp3) is 0.667. The van der Waals surface area contributed by atoms with E-state index in [1.165, 1.54) is 0 Å². The lowest BCUT2D eigenvalue weighted by atomic mass is 10.0. The van der Waals surface area contributed by atoms with Crippen molar-refractivity contribution in [3.05, 3.63) is 5.69 Å². The Bertz CT molecular complexity index is 436. The van der Waals surface area contributed by atoms with Crippen molar-refractivity contribution in [3.8, 4) is 0 Å². The minimum absolute atomic E-state index is 0.0499. The van der Waals surface area contributed by atoms with Crippen molar-refractivity contribution in [3.63, 3.8) is 0 Å². The van der Waals surface area contributed by atoms with Gasteiger partial charge < -0.3 is 10.6 Å². The molecule has 1 aliphatic heterocycles. The number of rotatable bonds is 3. The molecule has 0 saturated heterocycles. The summed E-state index contributed by atoms with van der Waals surface area (Å²) in [6.07, 6.45) is 1.65. The van der Waals surface area contributed by atoms with Crippen molar-refractivity contribution in [2.45, 2.75) is 39.7 Å². The predicted octanol–water partition coefficient (Wildman–Crippen LogP) is 1.76. The Labute approximate surface area is 102 Å². The molecule has 0 aliphatic carbocycles. The lowest BCUT2D eigenvalue weighted by Gasteiger charge is -2.26. The number of anilines is 2. The summed E-state index contributed by atoms with van der Waals surface area (Å²) in [6.45, 7) is 6.27. The highest BCUT2D eigenvalue weighted by molar-refractivity contribution is 6.02. The van der Waals surface area contributed by atoms with Gasteiger partial charge in [-0.1, -0.05) is 20.8 Å². The molecule has 1 unspecified atom stereocenters. The van der Waals surface area contributed by atoms with Crippen LogP contribution in [0, 0.1) is 5.92 Å². The minimum Gasteiger partial charge on any atom is -0.357 e. The third-order valence-corrected chi connectivity index (χ3v) is 3.04. The number of carbonyl (C=O) groups is 1. The molecule has 2 heterocycles. The van der Waals surface area contributed by atoms with Crippen LogP contribution in [0.25, 0.3) is 0 Å². The van der Waals surface area contributed by atoms with E-state index in [0.29, 0.717) is 5.92 Å². The topological polar surface area (TPSA) is 59.0 Å². The maximum Gasteiger partial charge on any atom is 0.247 e. The zero-order chi connectivity index (χ0) is 12.6. The molecule has 0 radical (unpaired) electrons. The Balaban J connectivity index is 2.28. The van der Waals surface area contributed by atoms with E-state index in [9.17, 15) is 4.79 Å². The molecule has 94 valence electrons. The molecule has 5 heteroatoms. The summed E-state index contributed by atoms with van der Waals surface area (Å²) < 4.78 is 1.81. The molecule has 1 amide bonds. The predicted molar refractivity (Wildman–Crippen MR) is 68.1 cm³/mol. The van der Waals surface area contributed by atoms with Crippen LogP contribution in [0.2, 0.25) is 0 Å². The second kappa shape index (κ2) is 4.39. The third-order valence-electron chi connectivity index (χ3n) is 3.04. The molecule has 0 bridgehead atoms. The summed E-state index contributed by atoms with van der Waals surface area (Å²) >= 11 is 0. The third kappa shape index (κ3) is 2.14. The molecule has 0 spiro atoms. The molecule has 1 aromatic rings. The number of aromatic nitrogens is 2. The standard InChI is InChI=1S/C12H20N4O/c1-5-8-10-11(16(4)15-8)13-9(6-7(2)3)12(17)14-10/h7,9,13H,5-6H2,1-4H3,(H,14,17). The van der Waals surface area contributed by atoms with E-state index in [4.69, 9.17) is 0 Å². The minimum atomic E-state index is -0.150. The maximum absolute atomic E-state index is 12.0. The van der Waals surface area contributed by atoms with Crippen LogP contribution in [-0.2, 0) is 18.3 Å². The highest BCUT2D eigenvalue weighted by Gasteiger charge is 2.30. The van der Waals surface area contributed by atoms with E-state index in [1.54, 1.807) is 4.68 Å². The van der Waals surface area contributed by atoms with Crippen LogP contribution >= 0.6 is 0 Å². The first-order valence-electron chi connectivity index (χ1n) is 6.16. The van der Waals surface area contributed by atoms with Crippen LogP contribution in [0.5, 0.6) is 0 Å². The van der Waals surface area contributed by atoms with E-state index in [0.717, 1.165) is 30.0 Å². The number of carbonyl (C=O) groups excluding carboxylic acids is 1. The van der Waals surface area contributed by atoms with E-state index in [2.05, 4.69) is 29.6 Å². The lowest BCUT2D eigenvalue weighted by Crippen LogP contribution is -2.40. The number of hydrogen-bond acceptors (Lipinski definition) is 3. The first-order valence-corrected chi connectivity index (χ1v) is 6.16. The second-order valence-corrected chi connectivity index (χ2v) is 4.96. The average molecular weight is 236 g/mol. The number of nitrogens with zero attached hydrogens (tertiary/aromatic N) is 2. The van der Waals surface area contributed by atoms with E-state index >= 15 is 0 Å². The SMILES string of the molecule is CCc1nn(C)c2c1NC(=O)C(CC(C)C)N2. The number of aryl methyl sites for hydroxylation is 2. The van der Waals surface area contributed by atoms with Crippen LogP contribution in [0.15, 0.2) is 0 Å². The number of hydrogen-bond donors (Lipinski definition) is 2. The average Bonchev–Trinajstić information content (AvgIpc) is 2.55. The fourth-order valence-corrected chi connectivity index (χ4v) is 2.20. The second-order valence-electron chi connectivity index (χ2n) is 4.96. The highest BCUT2D eigenvalue weighted by Crippen LogP contribution is 2.31. The van der Waals surface area contributed by atoms with Crippen molar-refractivity contribution >= 4 is 17.4 Å². The van der Waals surface area contributed by atoms with Gasteiger partial charge in [-0.2, -0.15) is 5.10 Å². The summed E-state index contributed by atoms with van der Waals surface area (Å²) in [5.41, 5.74) is 1.78. The van der Waals surface area contributed by atoms with Gasteiger partial charge in [0.2, 0.25) is 5.91 Å². The van der Waals surface area contributed by atoms with Crippen molar-refractivity contribution in [2.75, 3.05) is 10.6 Å². The summed E-state index contributed by atoms with van der Waals surface area (Å²) in [5.74, 6) is 1.46. The van der Waals surface area contributed by atoms with Crippen LogP contribution in [0.1, 0.15) is 32.9 Å². The Hall–Kier alpha value is -1.52. The first kappa shape index (κ1) is 12.0. The number of fused-ring (bicyclic) bond motifs is 1. The van der Waals surface area contributed by atoms with Crippen LogP contribution in [0.3, 0.4) is 0 Å². The molecule has 0 saturated carbocycles. The lowest BCUT2D eigenvalue weighted by molar-refractivity contribution is -0.117. The number of amides is 1. The van der Waals surface area contributed by atoms with Crippen molar-refractivity contribution < 1.29 is 4.79 Å². The fourth-order valence-electron chi connectivity index (χ4n) is 2.20. The molecule has 2 N–H and O–H groups in total. The molecule has 1 aliphatic rings. The highest BCUT2D eigenvalue weighted by atomic mass is 16.2. The Morgan fingerprint density at radius 1 is 1.47 bits per heavy atom. The smallest absolute Gasteiger partial charge is 0.247 e. The van der Waals surface area contributed by atoms with Gasteiger partial charge in [-0.05, 0) is 18.8 Å². The first-order chi connectivity index (χ1) is 8.02. The van der Waals surface area contributed by atoms with Crippen LogP contribution in [0.4, 0.5) is 11.5 Å². The van der Waals surface area contributed by atoms with E-state index in [1.807, 2.05) is 14.0 Å². The van der Waals surface area contributed by atoms with E-state index < -0.39 is 0 Å². The molecule has 5 nitrogen and oxygen atoms in total. The molecular formula is C12H20N4O. The zero-order valence-electron chi connectivity index (χ0n) is 10.9. The van der Waals surface area contributed by atoms with Gasteiger partial charge in [0.25, 0.3) is 0 Å². The van der Waals surface area contributed by atoms with Gasteiger partial charge in [-0.15, -0.1) is 0 Å². The van der Waals surface area contributed by atoms with Crippen molar-refractivity contribution in [1.29, 1.82) is 0 Å². The molecule has 1 atom stereocenters. The Morgan fingerprint density at radius 3 is 2.76 bits per heavy atom. The Kier molecular flexibility index (Phi) is 3.09. The summed E-state index contributed by atoms with van der Waals surface area (Å²) in [7, 11) is 1.90. The van der Waals surface area contributed by atoms with Gasteiger partial charge in [-0.3, -0.25) is 9.48 Å². The largest absolute Gasteiger partial charge is 0.357 e. The zero-order valence-corrected chi connectivity index (χ0v) is 10.9. The maximum atomic E-state index is 12.0. The number of nitrogens with one attached hydrogen (secondary N) is 2. The van der Waals surface area contributed by atoms with Gasteiger partial charge >= 0.3 is 0 Å². The Morgan fingerprint density at radius 2 is 2.18 bits per heavy atom. The normalized spacial score (nSPS) is 18.9. The summed E-state index contributed by atoms with van der Waals surface area (Å²) in [6, 6.07) is -0.150. The van der Waals surface area contributed by atoms with Crippen LogP contribution in [-0.4, -0.2) is 21.7 Å². The summed E-state index contributed by atoms with van der Waals surface area (Å²) in [4.78, 5) is 12.0. The van der Waals surface area contributed by atoms with Gasteiger partial charge in [-0.25, -0.2) is 0 Å². The van der Waals surface area contributed by atoms with Gasteiger partial charge in [0, 0.05) is 7.05 Å². The van der Waals surface area contributed by atoms with Gasteiger partial charge in [0.1, 0.15) is 17.5 Å². The monoisotopic (exact) mass is 236 g/mol. The molecule has 17 heavy (non-hydrogen) atoms. The van der Waals surface area contributed by atoms with Crippen LogP contribution < -0.4 is 10.6 Å². The van der Waals surface area contributed by atoms with Crippen molar-refractivity contribution in [1.82, 2.24) is 9.78 Å².